The number of hydrogen-bond acceptors (Lipinski definition) is 5. The van der Waals surface area contributed by atoms with Gasteiger partial charge in [0.05, 0.1) is 11.1 Å². The Bertz CT molecular complexity index is 461. The van der Waals surface area contributed by atoms with Gasteiger partial charge in [-0.05, 0) is 24.6 Å². The summed E-state index contributed by atoms with van der Waals surface area (Å²) >= 11 is 0. The molecule has 0 atom stereocenters. The molecule has 7 N–H and O–H groups in total. The molecule has 110 valence electrons. The lowest BCUT2D eigenvalue weighted by molar-refractivity contribution is 0.0950. The quantitative estimate of drug-likeness (QED) is 0.460. The van der Waals surface area contributed by atoms with Crippen molar-refractivity contribution in [2.75, 3.05) is 26.2 Å². The number of amides is 2. The van der Waals surface area contributed by atoms with Gasteiger partial charge in [0.1, 0.15) is 5.75 Å². The Morgan fingerprint density at radius 2 is 1.45 bits per heavy atom. The van der Waals surface area contributed by atoms with Gasteiger partial charge in [0.25, 0.3) is 11.8 Å². The molecule has 0 bridgehead atoms. The van der Waals surface area contributed by atoms with Gasteiger partial charge in [0, 0.05) is 26.2 Å². The highest BCUT2D eigenvalue weighted by molar-refractivity contribution is 6.04. The number of benzene rings is 1. The van der Waals surface area contributed by atoms with Gasteiger partial charge in [0.15, 0.2) is 0 Å². The summed E-state index contributed by atoms with van der Waals surface area (Å²) in [4.78, 5) is 23.8. The number of carbonyl (C=O) groups excluding carboxylic acids is 2. The highest BCUT2D eigenvalue weighted by Crippen LogP contribution is 2.24. The van der Waals surface area contributed by atoms with E-state index in [4.69, 9.17) is 11.5 Å². The van der Waals surface area contributed by atoms with Crippen molar-refractivity contribution in [2.24, 2.45) is 11.5 Å². The van der Waals surface area contributed by atoms with Crippen molar-refractivity contribution in [1.29, 1.82) is 0 Å². The van der Waals surface area contributed by atoms with E-state index in [1.165, 1.54) is 12.1 Å². The first kappa shape index (κ1) is 15.9. The first-order chi connectivity index (χ1) is 9.51. The molecule has 0 saturated heterocycles. The van der Waals surface area contributed by atoms with Crippen LogP contribution in [0.2, 0.25) is 0 Å². The van der Waals surface area contributed by atoms with Gasteiger partial charge >= 0.3 is 0 Å². The molecule has 7 heteroatoms. The van der Waals surface area contributed by atoms with Gasteiger partial charge in [-0.1, -0.05) is 0 Å². The second-order valence-corrected chi connectivity index (χ2v) is 4.30. The Kier molecular flexibility index (Phi) is 5.95. The average Bonchev–Trinajstić information content (AvgIpc) is 2.44. The van der Waals surface area contributed by atoms with Crippen LogP contribution in [0.25, 0.3) is 0 Å². The van der Waals surface area contributed by atoms with E-state index in [1.54, 1.807) is 6.92 Å². The molecule has 2 amide bonds. The second kappa shape index (κ2) is 7.46. The van der Waals surface area contributed by atoms with Crippen LogP contribution in [0.4, 0.5) is 0 Å². The first-order valence-electron chi connectivity index (χ1n) is 6.31. The zero-order chi connectivity index (χ0) is 15.1. The highest BCUT2D eigenvalue weighted by Gasteiger charge is 2.19. The van der Waals surface area contributed by atoms with Gasteiger partial charge < -0.3 is 27.2 Å². The number of aromatic hydroxyl groups is 1. The SMILES string of the molecule is Cc1cc(C(=O)NCCN)c(O)c(C(=O)NCCN)c1. The van der Waals surface area contributed by atoms with Crippen LogP contribution in [0.3, 0.4) is 0 Å². The van der Waals surface area contributed by atoms with Crippen LogP contribution >= 0.6 is 0 Å². The summed E-state index contributed by atoms with van der Waals surface area (Å²) in [6, 6.07) is 3.03. The van der Waals surface area contributed by atoms with Crippen molar-refractivity contribution in [3.8, 4) is 5.75 Å². The summed E-state index contributed by atoms with van der Waals surface area (Å²) in [5, 5.41) is 15.2. The molecule has 0 fully saturated rings. The van der Waals surface area contributed by atoms with E-state index >= 15 is 0 Å². The van der Waals surface area contributed by atoms with Crippen molar-refractivity contribution in [3.63, 3.8) is 0 Å². The number of carbonyl (C=O) groups is 2. The molecular formula is C13H20N4O3. The molecule has 0 aliphatic heterocycles. The maximum absolute atomic E-state index is 11.9. The van der Waals surface area contributed by atoms with Gasteiger partial charge in [-0.25, -0.2) is 0 Å². The minimum absolute atomic E-state index is 0.0522. The summed E-state index contributed by atoms with van der Waals surface area (Å²) in [5.41, 5.74) is 11.4. The number of hydrogen-bond donors (Lipinski definition) is 5. The van der Waals surface area contributed by atoms with Crippen LogP contribution in [-0.4, -0.2) is 43.1 Å². The average molecular weight is 280 g/mol. The first-order valence-corrected chi connectivity index (χ1v) is 6.31. The minimum Gasteiger partial charge on any atom is -0.506 e. The third kappa shape index (κ3) is 3.94. The maximum atomic E-state index is 11.9. The third-order valence-corrected chi connectivity index (χ3v) is 2.60. The summed E-state index contributed by atoms with van der Waals surface area (Å²) < 4.78 is 0. The smallest absolute Gasteiger partial charge is 0.255 e. The van der Waals surface area contributed by atoms with Crippen molar-refractivity contribution in [3.05, 3.63) is 28.8 Å². The topological polar surface area (TPSA) is 130 Å². The Balaban J connectivity index is 3.06. The summed E-state index contributed by atoms with van der Waals surface area (Å²) in [6.07, 6.45) is 0. The molecular weight excluding hydrogens is 260 g/mol. The van der Waals surface area contributed by atoms with Gasteiger partial charge in [0.2, 0.25) is 0 Å². The molecule has 20 heavy (non-hydrogen) atoms. The fourth-order valence-electron chi connectivity index (χ4n) is 1.69. The minimum atomic E-state index is -0.468. The molecule has 0 aromatic heterocycles. The highest BCUT2D eigenvalue weighted by atomic mass is 16.3. The van der Waals surface area contributed by atoms with Crippen LogP contribution < -0.4 is 22.1 Å². The summed E-state index contributed by atoms with van der Waals surface area (Å²) in [6.45, 7) is 2.91. The fraction of sp³-hybridized carbons (Fsp3) is 0.385. The number of phenols is 1. The Morgan fingerprint density at radius 3 is 1.80 bits per heavy atom. The van der Waals surface area contributed by atoms with Crippen LogP contribution in [0.5, 0.6) is 5.75 Å². The van der Waals surface area contributed by atoms with Crippen molar-refractivity contribution in [1.82, 2.24) is 10.6 Å². The number of nitrogens with two attached hydrogens (primary N) is 2. The lowest BCUT2D eigenvalue weighted by Crippen LogP contribution is -2.31. The zero-order valence-electron chi connectivity index (χ0n) is 11.4. The second-order valence-electron chi connectivity index (χ2n) is 4.30. The predicted octanol–water partition coefficient (Wildman–Crippen LogP) is -0.922. The Labute approximate surface area is 117 Å². The van der Waals surface area contributed by atoms with Gasteiger partial charge in [-0.15, -0.1) is 0 Å². The molecule has 7 nitrogen and oxygen atoms in total. The van der Waals surface area contributed by atoms with E-state index in [2.05, 4.69) is 10.6 Å². The molecule has 1 rings (SSSR count). The molecule has 0 unspecified atom stereocenters. The van der Waals surface area contributed by atoms with E-state index in [1.807, 2.05) is 0 Å². The molecule has 0 saturated carbocycles. The number of rotatable bonds is 6. The van der Waals surface area contributed by atoms with E-state index in [9.17, 15) is 14.7 Å². The molecule has 0 radical (unpaired) electrons. The summed E-state index contributed by atoms with van der Waals surface area (Å²) in [7, 11) is 0. The summed E-state index contributed by atoms with van der Waals surface area (Å²) in [5.74, 6) is -1.28. The fourth-order valence-corrected chi connectivity index (χ4v) is 1.69. The standard InChI is InChI=1S/C13H20N4O3/c1-8-6-9(12(19)16-4-2-14)11(18)10(7-8)13(20)17-5-3-15/h6-7,18H,2-5,14-15H2,1H3,(H,16,19)(H,17,20). The van der Waals surface area contributed by atoms with Crippen LogP contribution in [0.1, 0.15) is 26.3 Å². The normalized spacial score (nSPS) is 10.2. The van der Waals surface area contributed by atoms with Crippen molar-refractivity contribution >= 4 is 11.8 Å². The zero-order valence-corrected chi connectivity index (χ0v) is 11.4. The van der Waals surface area contributed by atoms with E-state index in [0.717, 1.165) is 0 Å². The van der Waals surface area contributed by atoms with Crippen molar-refractivity contribution in [2.45, 2.75) is 6.92 Å². The van der Waals surface area contributed by atoms with Crippen molar-refractivity contribution < 1.29 is 14.7 Å². The number of aryl methyl sites for hydroxylation is 1. The Morgan fingerprint density at radius 1 is 1.05 bits per heavy atom. The van der Waals surface area contributed by atoms with Crippen LogP contribution in [0.15, 0.2) is 12.1 Å². The van der Waals surface area contributed by atoms with E-state index < -0.39 is 11.8 Å². The largest absolute Gasteiger partial charge is 0.506 e. The number of nitrogens with one attached hydrogen (secondary N) is 2. The van der Waals surface area contributed by atoms with E-state index in [0.29, 0.717) is 31.7 Å². The lowest BCUT2D eigenvalue weighted by atomic mass is 10.0. The molecule has 0 spiro atoms. The molecule has 1 aromatic rings. The third-order valence-electron chi connectivity index (χ3n) is 2.60. The molecule has 0 aliphatic rings. The monoisotopic (exact) mass is 280 g/mol. The predicted molar refractivity (Wildman–Crippen MR) is 75.6 cm³/mol. The molecule has 0 heterocycles. The van der Waals surface area contributed by atoms with Gasteiger partial charge in [-0.3, -0.25) is 9.59 Å². The maximum Gasteiger partial charge on any atom is 0.255 e. The number of phenolic OH excluding ortho intramolecular Hbond substituents is 1. The van der Waals surface area contributed by atoms with E-state index in [-0.39, 0.29) is 16.9 Å². The van der Waals surface area contributed by atoms with Crippen LogP contribution in [-0.2, 0) is 0 Å². The molecule has 1 aromatic carbocycles. The van der Waals surface area contributed by atoms with Gasteiger partial charge in [-0.2, -0.15) is 0 Å². The lowest BCUT2D eigenvalue weighted by Gasteiger charge is -2.11. The molecule has 0 aliphatic carbocycles. The Hall–Kier alpha value is -2.12. The van der Waals surface area contributed by atoms with Crippen LogP contribution in [0, 0.1) is 6.92 Å².